The number of hydrogen-bond donors (Lipinski definition) is 1. The monoisotopic (exact) mass is 249 g/mol. The van der Waals surface area contributed by atoms with Crippen molar-refractivity contribution in [3.05, 3.63) is 34.9 Å². The SMILES string of the molecule is CN(C(=O)O)C(=O)c1ccccc1Cl.Cl. The zero-order valence-electron chi connectivity index (χ0n) is 7.81. The molecule has 2 amide bonds. The maximum atomic E-state index is 11.5. The lowest BCUT2D eigenvalue weighted by Gasteiger charge is -2.11. The number of carbonyl (C=O) groups excluding carboxylic acids is 1. The number of halogens is 2. The van der Waals surface area contributed by atoms with Crippen molar-refractivity contribution < 1.29 is 14.7 Å². The van der Waals surface area contributed by atoms with Crippen LogP contribution in [0.1, 0.15) is 10.4 Å². The summed E-state index contributed by atoms with van der Waals surface area (Å²) < 4.78 is 0. The minimum absolute atomic E-state index is 0. The number of nitrogens with zero attached hydrogens (tertiary/aromatic N) is 1. The molecule has 0 saturated heterocycles. The van der Waals surface area contributed by atoms with E-state index < -0.39 is 12.0 Å². The van der Waals surface area contributed by atoms with Crippen molar-refractivity contribution >= 4 is 36.0 Å². The summed E-state index contributed by atoms with van der Waals surface area (Å²) in [7, 11) is 1.17. The van der Waals surface area contributed by atoms with Crippen LogP contribution in [0.5, 0.6) is 0 Å². The summed E-state index contributed by atoms with van der Waals surface area (Å²) in [5.41, 5.74) is 0.180. The molecule has 0 aliphatic carbocycles. The molecule has 0 saturated carbocycles. The third-order valence-electron chi connectivity index (χ3n) is 1.70. The molecule has 15 heavy (non-hydrogen) atoms. The third-order valence-corrected chi connectivity index (χ3v) is 2.03. The van der Waals surface area contributed by atoms with E-state index in [2.05, 4.69) is 0 Å². The molecule has 1 rings (SSSR count). The Morgan fingerprint density at radius 2 is 1.87 bits per heavy atom. The van der Waals surface area contributed by atoms with Gasteiger partial charge in [0.2, 0.25) is 0 Å². The standard InChI is InChI=1S/C9H8ClNO3.ClH/c1-11(9(13)14)8(12)6-4-2-3-5-7(6)10;/h2-5H,1H3,(H,13,14);1H. The summed E-state index contributed by atoms with van der Waals surface area (Å²) in [6.45, 7) is 0. The number of imide groups is 1. The van der Waals surface area contributed by atoms with E-state index in [1.54, 1.807) is 12.1 Å². The molecule has 0 spiro atoms. The minimum atomic E-state index is -1.31. The number of amides is 2. The van der Waals surface area contributed by atoms with E-state index >= 15 is 0 Å². The van der Waals surface area contributed by atoms with Crippen LogP contribution in [-0.4, -0.2) is 29.1 Å². The quantitative estimate of drug-likeness (QED) is 0.833. The Morgan fingerprint density at radius 1 is 1.33 bits per heavy atom. The molecule has 0 atom stereocenters. The van der Waals surface area contributed by atoms with Crippen LogP contribution in [-0.2, 0) is 0 Å². The fraction of sp³-hybridized carbons (Fsp3) is 0.111. The highest BCUT2D eigenvalue weighted by Gasteiger charge is 2.19. The molecule has 1 aromatic carbocycles. The molecule has 82 valence electrons. The number of carbonyl (C=O) groups is 2. The average molecular weight is 250 g/mol. The number of hydrogen-bond acceptors (Lipinski definition) is 2. The van der Waals surface area contributed by atoms with Gasteiger partial charge in [-0.2, -0.15) is 0 Å². The van der Waals surface area contributed by atoms with E-state index in [-0.39, 0.29) is 23.0 Å². The van der Waals surface area contributed by atoms with Gasteiger partial charge in [0.05, 0.1) is 10.6 Å². The van der Waals surface area contributed by atoms with Gasteiger partial charge in [0.25, 0.3) is 5.91 Å². The van der Waals surface area contributed by atoms with Gasteiger partial charge in [0, 0.05) is 7.05 Å². The van der Waals surface area contributed by atoms with E-state index in [1.807, 2.05) is 0 Å². The van der Waals surface area contributed by atoms with E-state index in [0.29, 0.717) is 4.90 Å². The molecule has 4 nitrogen and oxygen atoms in total. The van der Waals surface area contributed by atoms with Crippen molar-refractivity contribution in [2.24, 2.45) is 0 Å². The van der Waals surface area contributed by atoms with Gasteiger partial charge in [-0.05, 0) is 12.1 Å². The van der Waals surface area contributed by atoms with Crippen molar-refractivity contribution in [3.8, 4) is 0 Å². The van der Waals surface area contributed by atoms with Gasteiger partial charge >= 0.3 is 6.09 Å². The highest BCUT2D eigenvalue weighted by molar-refractivity contribution is 6.34. The first kappa shape index (κ1) is 13.7. The summed E-state index contributed by atoms with van der Waals surface area (Å²) in [6, 6.07) is 6.29. The smallest absolute Gasteiger partial charge is 0.414 e. The van der Waals surface area contributed by atoms with Crippen LogP contribution in [0.2, 0.25) is 5.02 Å². The molecule has 0 radical (unpaired) electrons. The lowest BCUT2D eigenvalue weighted by molar-refractivity contribution is 0.0782. The fourth-order valence-electron chi connectivity index (χ4n) is 0.902. The first-order valence-electron chi connectivity index (χ1n) is 3.79. The average Bonchev–Trinajstić information content (AvgIpc) is 2.16. The summed E-state index contributed by atoms with van der Waals surface area (Å²) in [4.78, 5) is 22.5. The second-order valence-corrected chi connectivity index (χ2v) is 3.03. The zero-order chi connectivity index (χ0) is 10.7. The van der Waals surface area contributed by atoms with Crippen molar-refractivity contribution in [1.82, 2.24) is 4.90 Å². The van der Waals surface area contributed by atoms with Gasteiger partial charge in [-0.3, -0.25) is 4.79 Å². The van der Waals surface area contributed by atoms with Crippen LogP contribution in [0.15, 0.2) is 24.3 Å². The Labute approximate surface area is 97.9 Å². The normalized spacial score (nSPS) is 8.93. The molecule has 1 aromatic rings. The topological polar surface area (TPSA) is 57.6 Å². The number of benzene rings is 1. The van der Waals surface area contributed by atoms with Gasteiger partial charge in [-0.15, -0.1) is 12.4 Å². The predicted octanol–water partition coefficient (Wildman–Crippen LogP) is 2.51. The largest absolute Gasteiger partial charge is 0.465 e. The van der Waals surface area contributed by atoms with Crippen molar-refractivity contribution in [3.63, 3.8) is 0 Å². The third kappa shape index (κ3) is 3.11. The maximum absolute atomic E-state index is 11.5. The van der Waals surface area contributed by atoms with Crippen LogP contribution in [0, 0.1) is 0 Å². The molecule has 0 unspecified atom stereocenters. The van der Waals surface area contributed by atoms with E-state index in [4.69, 9.17) is 16.7 Å². The van der Waals surface area contributed by atoms with Crippen LogP contribution in [0.25, 0.3) is 0 Å². The highest BCUT2D eigenvalue weighted by Crippen LogP contribution is 2.16. The Bertz CT molecular complexity index is 381. The lowest BCUT2D eigenvalue weighted by atomic mass is 10.2. The molecule has 0 fully saturated rings. The Morgan fingerprint density at radius 3 is 2.33 bits per heavy atom. The minimum Gasteiger partial charge on any atom is -0.465 e. The van der Waals surface area contributed by atoms with Crippen LogP contribution in [0.3, 0.4) is 0 Å². The fourth-order valence-corrected chi connectivity index (χ4v) is 1.12. The molecule has 0 aromatic heterocycles. The van der Waals surface area contributed by atoms with Crippen molar-refractivity contribution in [2.75, 3.05) is 7.05 Å². The van der Waals surface area contributed by atoms with Gasteiger partial charge in [0.15, 0.2) is 0 Å². The predicted molar refractivity (Wildman–Crippen MR) is 58.8 cm³/mol. The highest BCUT2D eigenvalue weighted by atomic mass is 35.5. The first-order chi connectivity index (χ1) is 6.54. The molecule has 0 heterocycles. The lowest BCUT2D eigenvalue weighted by Crippen LogP contribution is -2.31. The van der Waals surface area contributed by atoms with Gasteiger partial charge in [-0.1, -0.05) is 23.7 Å². The Hall–Kier alpha value is -1.26. The zero-order valence-corrected chi connectivity index (χ0v) is 9.38. The van der Waals surface area contributed by atoms with Crippen LogP contribution >= 0.6 is 24.0 Å². The molecular formula is C9H9Cl2NO3. The van der Waals surface area contributed by atoms with Gasteiger partial charge in [0.1, 0.15) is 0 Å². The second kappa shape index (κ2) is 5.58. The molecule has 6 heteroatoms. The first-order valence-corrected chi connectivity index (χ1v) is 4.17. The summed E-state index contributed by atoms with van der Waals surface area (Å²) in [5.74, 6) is -0.636. The summed E-state index contributed by atoms with van der Waals surface area (Å²) >= 11 is 5.73. The Kier molecular flexibility index (Phi) is 5.11. The molecule has 0 aliphatic rings. The number of rotatable bonds is 1. The van der Waals surface area contributed by atoms with E-state index in [1.165, 1.54) is 19.2 Å². The molecular weight excluding hydrogens is 241 g/mol. The number of carboxylic acid groups (broad SMARTS) is 1. The van der Waals surface area contributed by atoms with E-state index in [9.17, 15) is 9.59 Å². The molecule has 0 bridgehead atoms. The second-order valence-electron chi connectivity index (χ2n) is 2.63. The van der Waals surface area contributed by atoms with Gasteiger partial charge in [-0.25, -0.2) is 9.69 Å². The summed E-state index contributed by atoms with van der Waals surface area (Å²) in [6.07, 6.45) is -1.31. The van der Waals surface area contributed by atoms with Gasteiger partial charge < -0.3 is 5.11 Å². The van der Waals surface area contributed by atoms with Crippen LogP contribution < -0.4 is 0 Å². The van der Waals surface area contributed by atoms with Crippen molar-refractivity contribution in [2.45, 2.75) is 0 Å². The molecule has 0 aliphatic heterocycles. The maximum Gasteiger partial charge on any atom is 0.414 e. The molecule has 1 N–H and O–H groups in total. The van der Waals surface area contributed by atoms with Crippen LogP contribution in [0.4, 0.5) is 4.79 Å². The van der Waals surface area contributed by atoms with Crippen molar-refractivity contribution in [1.29, 1.82) is 0 Å². The Balaban J connectivity index is 0.00000196. The summed E-state index contributed by atoms with van der Waals surface area (Å²) in [5, 5.41) is 8.81. The van der Waals surface area contributed by atoms with E-state index in [0.717, 1.165) is 0 Å².